The van der Waals surface area contributed by atoms with Gasteiger partial charge in [-0.25, -0.2) is 8.42 Å². The summed E-state index contributed by atoms with van der Waals surface area (Å²) >= 11 is 5.88. The van der Waals surface area contributed by atoms with Crippen molar-refractivity contribution in [3.05, 3.63) is 83.3 Å². The van der Waals surface area contributed by atoms with Crippen molar-refractivity contribution in [2.75, 3.05) is 6.54 Å². The predicted octanol–water partition coefficient (Wildman–Crippen LogP) is 4.04. The zero-order chi connectivity index (χ0) is 20.1. The number of furan rings is 1. The minimum atomic E-state index is -3.94. The van der Waals surface area contributed by atoms with E-state index in [2.05, 4.69) is 0 Å². The monoisotopic (exact) mass is 419 g/mol. The molecule has 146 valence electrons. The molecule has 0 unspecified atom stereocenters. The second-order valence-electron chi connectivity index (χ2n) is 6.10. The van der Waals surface area contributed by atoms with Crippen LogP contribution in [0, 0.1) is 6.92 Å². The van der Waals surface area contributed by atoms with E-state index in [1.54, 1.807) is 42.5 Å². The molecule has 3 rings (SSSR count). The highest BCUT2D eigenvalue weighted by Gasteiger charge is 2.28. The van der Waals surface area contributed by atoms with Gasteiger partial charge in [0, 0.05) is 5.02 Å². The Labute approximate surface area is 168 Å². The molecule has 0 amide bonds. The molecule has 0 aliphatic rings. The maximum atomic E-state index is 13.1. The maximum absolute atomic E-state index is 13.1. The lowest BCUT2D eigenvalue weighted by Gasteiger charge is -2.20. The molecule has 0 saturated heterocycles. The Hall–Kier alpha value is -2.61. The lowest BCUT2D eigenvalue weighted by molar-refractivity contribution is -0.134. The lowest BCUT2D eigenvalue weighted by Crippen LogP contribution is -2.36. The molecule has 6 nitrogen and oxygen atoms in total. The van der Waals surface area contributed by atoms with Crippen LogP contribution in [0.25, 0.3) is 0 Å². The van der Waals surface area contributed by atoms with Crippen LogP contribution in [-0.4, -0.2) is 25.2 Å². The van der Waals surface area contributed by atoms with Crippen molar-refractivity contribution < 1.29 is 22.4 Å². The van der Waals surface area contributed by atoms with Crippen LogP contribution in [0.15, 0.2) is 76.2 Å². The van der Waals surface area contributed by atoms with Gasteiger partial charge in [-0.15, -0.1) is 0 Å². The molecule has 0 atom stereocenters. The number of rotatable bonds is 7. The molecule has 0 radical (unpaired) electrons. The van der Waals surface area contributed by atoms with Gasteiger partial charge in [-0.1, -0.05) is 35.4 Å². The van der Waals surface area contributed by atoms with Crippen LogP contribution in [0.3, 0.4) is 0 Å². The quantitative estimate of drug-likeness (QED) is 0.426. The summed E-state index contributed by atoms with van der Waals surface area (Å²) in [5, 5.41) is 0.407. The molecular weight excluding hydrogens is 402 g/mol. The predicted molar refractivity (Wildman–Crippen MR) is 105 cm³/mol. The molecule has 3 aromatic rings. The zero-order valence-corrected chi connectivity index (χ0v) is 16.6. The molecule has 8 heteroatoms. The highest BCUT2D eigenvalue weighted by molar-refractivity contribution is 7.89. The van der Waals surface area contributed by atoms with Crippen molar-refractivity contribution in [2.24, 2.45) is 0 Å². The molecule has 0 spiro atoms. The number of hydrogen-bond donors (Lipinski definition) is 0. The van der Waals surface area contributed by atoms with Gasteiger partial charge in [-0.05, 0) is 49.4 Å². The molecule has 2 aromatic carbocycles. The molecule has 0 aliphatic carbocycles. The third kappa shape index (κ3) is 5.01. The van der Waals surface area contributed by atoms with Gasteiger partial charge in [-0.2, -0.15) is 4.31 Å². The fraction of sp³-hybridized carbons (Fsp3) is 0.150. The summed E-state index contributed by atoms with van der Waals surface area (Å²) in [6.45, 7) is 1.27. The molecule has 0 aliphatic heterocycles. The maximum Gasteiger partial charge on any atom is 0.326 e. The minimum Gasteiger partial charge on any atom is -0.468 e. The van der Waals surface area contributed by atoms with Crippen LogP contribution >= 0.6 is 11.6 Å². The van der Waals surface area contributed by atoms with Crippen LogP contribution in [-0.2, 0) is 21.4 Å². The highest BCUT2D eigenvalue weighted by Crippen LogP contribution is 2.21. The number of benzene rings is 2. The normalized spacial score (nSPS) is 11.5. The molecule has 1 aromatic heterocycles. The standard InChI is InChI=1S/C20H18ClNO5S/c1-15-7-9-19(10-8-15)28(24,25)22(13-18-6-3-11-26-18)14-20(23)27-17-5-2-4-16(21)12-17/h2-12H,13-14H2,1H3. The van der Waals surface area contributed by atoms with E-state index in [0.717, 1.165) is 9.87 Å². The molecule has 0 saturated carbocycles. The Kier molecular flexibility index (Phi) is 6.18. The molecular formula is C20H18ClNO5S. The van der Waals surface area contributed by atoms with E-state index in [9.17, 15) is 13.2 Å². The molecule has 0 bridgehead atoms. The average molecular weight is 420 g/mol. The number of nitrogens with zero attached hydrogens (tertiary/aromatic N) is 1. The molecule has 1 heterocycles. The van der Waals surface area contributed by atoms with Gasteiger partial charge in [-0.3, -0.25) is 4.79 Å². The Morgan fingerprint density at radius 1 is 1.11 bits per heavy atom. The van der Waals surface area contributed by atoms with Crippen LogP contribution in [0.5, 0.6) is 5.75 Å². The van der Waals surface area contributed by atoms with E-state index in [0.29, 0.717) is 10.8 Å². The first kappa shape index (κ1) is 20.1. The van der Waals surface area contributed by atoms with Gasteiger partial charge in [0.05, 0.1) is 17.7 Å². The van der Waals surface area contributed by atoms with Crippen molar-refractivity contribution in [1.82, 2.24) is 4.31 Å². The second-order valence-corrected chi connectivity index (χ2v) is 8.47. The van der Waals surface area contributed by atoms with E-state index >= 15 is 0 Å². The third-order valence-electron chi connectivity index (χ3n) is 3.90. The lowest BCUT2D eigenvalue weighted by atomic mass is 10.2. The zero-order valence-electron chi connectivity index (χ0n) is 15.0. The van der Waals surface area contributed by atoms with Crippen molar-refractivity contribution in [3.8, 4) is 5.75 Å². The van der Waals surface area contributed by atoms with E-state index in [-0.39, 0.29) is 17.2 Å². The number of hydrogen-bond acceptors (Lipinski definition) is 5. The van der Waals surface area contributed by atoms with Gasteiger partial charge in [0.25, 0.3) is 0 Å². The topological polar surface area (TPSA) is 76.8 Å². The number of esters is 1. The summed E-state index contributed by atoms with van der Waals surface area (Å²) in [6.07, 6.45) is 1.44. The van der Waals surface area contributed by atoms with Crippen LogP contribution in [0.1, 0.15) is 11.3 Å². The van der Waals surface area contributed by atoms with Gasteiger partial charge < -0.3 is 9.15 Å². The molecule has 0 N–H and O–H groups in total. The summed E-state index contributed by atoms with van der Waals surface area (Å²) in [6, 6.07) is 16.0. The van der Waals surface area contributed by atoms with Crippen LogP contribution in [0.2, 0.25) is 5.02 Å². The van der Waals surface area contributed by atoms with Crippen LogP contribution < -0.4 is 4.74 Å². The van der Waals surface area contributed by atoms with E-state index in [4.69, 9.17) is 20.8 Å². The first-order valence-corrected chi connectivity index (χ1v) is 10.2. The number of sulfonamides is 1. The SMILES string of the molecule is Cc1ccc(S(=O)(=O)N(CC(=O)Oc2cccc(Cl)c2)Cc2ccco2)cc1. The Bertz CT molecular complexity index is 1050. The van der Waals surface area contributed by atoms with Gasteiger partial charge in [0.2, 0.25) is 10.0 Å². The fourth-order valence-corrected chi connectivity index (χ4v) is 4.03. The highest BCUT2D eigenvalue weighted by atomic mass is 35.5. The number of ether oxygens (including phenoxy) is 1. The Balaban J connectivity index is 1.84. The summed E-state index contributed by atoms with van der Waals surface area (Å²) < 4.78 is 37.6. The average Bonchev–Trinajstić information content (AvgIpc) is 3.14. The summed E-state index contributed by atoms with van der Waals surface area (Å²) in [4.78, 5) is 12.5. The van der Waals surface area contributed by atoms with Gasteiger partial charge in [0.15, 0.2) is 0 Å². The number of halogens is 1. The minimum absolute atomic E-state index is 0.0835. The fourth-order valence-electron chi connectivity index (χ4n) is 2.50. The Morgan fingerprint density at radius 3 is 2.50 bits per heavy atom. The van der Waals surface area contributed by atoms with Crippen molar-refractivity contribution in [2.45, 2.75) is 18.4 Å². The van der Waals surface area contributed by atoms with Crippen molar-refractivity contribution in [1.29, 1.82) is 0 Å². The Morgan fingerprint density at radius 2 is 1.86 bits per heavy atom. The van der Waals surface area contributed by atoms with E-state index < -0.39 is 22.5 Å². The number of carbonyl (C=O) groups excluding carboxylic acids is 1. The van der Waals surface area contributed by atoms with Crippen LogP contribution in [0.4, 0.5) is 0 Å². The molecule has 28 heavy (non-hydrogen) atoms. The summed E-state index contributed by atoms with van der Waals surface area (Å²) in [7, 11) is -3.94. The van der Waals surface area contributed by atoms with Crippen molar-refractivity contribution >= 4 is 27.6 Å². The number of aryl methyl sites for hydroxylation is 1. The summed E-state index contributed by atoms with van der Waals surface area (Å²) in [5.41, 5.74) is 0.928. The van der Waals surface area contributed by atoms with E-state index in [1.165, 1.54) is 24.5 Å². The third-order valence-corrected chi connectivity index (χ3v) is 5.95. The summed E-state index contributed by atoms with van der Waals surface area (Å²) in [5.74, 6) is -0.0843. The smallest absolute Gasteiger partial charge is 0.326 e. The first-order valence-electron chi connectivity index (χ1n) is 8.40. The second kappa shape index (κ2) is 8.60. The number of carbonyl (C=O) groups is 1. The van der Waals surface area contributed by atoms with E-state index in [1.807, 2.05) is 6.92 Å². The first-order chi connectivity index (χ1) is 13.3. The largest absolute Gasteiger partial charge is 0.468 e. The van der Waals surface area contributed by atoms with Gasteiger partial charge >= 0.3 is 5.97 Å². The molecule has 0 fully saturated rings. The van der Waals surface area contributed by atoms with Gasteiger partial charge in [0.1, 0.15) is 18.1 Å². The van der Waals surface area contributed by atoms with Crippen molar-refractivity contribution in [3.63, 3.8) is 0 Å².